The standard InChI is InChI=1S/C14H21N3OS/c1-2-19-13-7-6-12(9-13)17-14(18)16-11-5-3-4-10(15)8-11/h3-5,8,12-13H,2,6-7,9,15H2,1H3,(H2,16,17,18). The van der Waals surface area contributed by atoms with Crippen LogP contribution in [0.4, 0.5) is 16.2 Å². The maximum Gasteiger partial charge on any atom is 0.319 e. The van der Waals surface area contributed by atoms with Gasteiger partial charge in [-0.25, -0.2) is 4.79 Å². The van der Waals surface area contributed by atoms with Crippen LogP contribution in [0.2, 0.25) is 0 Å². The van der Waals surface area contributed by atoms with Gasteiger partial charge in [0.2, 0.25) is 0 Å². The van der Waals surface area contributed by atoms with E-state index >= 15 is 0 Å². The summed E-state index contributed by atoms with van der Waals surface area (Å²) < 4.78 is 0. The molecule has 0 bridgehead atoms. The maximum absolute atomic E-state index is 11.9. The van der Waals surface area contributed by atoms with Gasteiger partial charge in [0.05, 0.1) is 0 Å². The van der Waals surface area contributed by atoms with Crippen molar-refractivity contribution < 1.29 is 4.79 Å². The molecular formula is C14H21N3OS. The van der Waals surface area contributed by atoms with Crippen LogP contribution in [0, 0.1) is 0 Å². The van der Waals surface area contributed by atoms with E-state index in [2.05, 4.69) is 17.6 Å². The van der Waals surface area contributed by atoms with Crippen LogP contribution in [-0.4, -0.2) is 23.1 Å². The van der Waals surface area contributed by atoms with Crippen molar-refractivity contribution in [2.75, 3.05) is 16.8 Å². The quantitative estimate of drug-likeness (QED) is 0.742. The lowest BCUT2D eigenvalue weighted by molar-refractivity contribution is 0.248. The van der Waals surface area contributed by atoms with Crippen molar-refractivity contribution in [3.05, 3.63) is 24.3 Å². The number of urea groups is 1. The predicted octanol–water partition coefficient (Wildman–Crippen LogP) is 3.06. The van der Waals surface area contributed by atoms with Crippen LogP contribution in [0.1, 0.15) is 26.2 Å². The van der Waals surface area contributed by atoms with E-state index in [1.807, 2.05) is 23.9 Å². The largest absolute Gasteiger partial charge is 0.399 e. The Morgan fingerprint density at radius 1 is 1.47 bits per heavy atom. The molecule has 1 aromatic rings. The Morgan fingerprint density at radius 3 is 3.05 bits per heavy atom. The highest BCUT2D eigenvalue weighted by Gasteiger charge is 2.25. The second-order valence-corrected chi connectivity index (χ2v) is 6.39. The zero-order valence-electron chi connectivity index (χ0n) is 11.2. The Bertz CT molecular complexity index is 438. The summed E-state index contributed by atoms with van der Waals surface area (Å²) in [6.07, 6.45) is 3.34. The molecule has 4 nitrogen and oxygen atoms in total. The Labute approximate surface area is 118 Å². The van der Waals surface area contributed by atoms with Crippen molar-refractivity contribution in [1.29, 1.82) is 0 Å². The highest BCUT2D eigenvalue weighted by Crippen LogP contribution is 2.29. The summed E-state index contributed by atoms with van der Waals surface area (Å²) >= 11 is 1.99. The number of carbonyl (C=O) groups is 1. The minimum absolute atomic E-state index is 0.141. The second-order valence-electron chi connectivity index (χ2n) is 4.81. The molecular weight excluding hydrogens is 258 g/mol. The van der Waals surface area contributed by atoms with E-state index in [1.54, 1.807) is 12.1 Å². The first-order valence-corrected chi connectivity index (χ1v) is 7.77. The summed E-state index contributed by atoms with van der Waals surface area (Å²) in [6.45, 7) is 2.18. The molecule has 0 saturated heterocycles. The van der Waals surface area contributed by atoms with E-state index in [4.69, 9.17) is 5.73 Å². The summed E-state index contributed by atoms with van der Waals surface area (Å²) in [4.78, 5) is 11.9. The molecule has 0 heterocycles. The van der Waals surface area contributed by atoms with Crippen LogP contribution >= 0.6 is 11.8 Å². The molecule has 2 rings (SSSR count). The molecule has 1 saturated carbocycles. The van der Waals surface area contributed by atoms with Crippen molar-refractivity contribution in [3.63, 3.8) is 0 Å². The fraction of sp³-hybridized carbons (Fsp3) is 0.500. The van der Waals surface area contributed by atoms with Gasteiger partial charge in [0.25, 0.3) is 0 Å². The molecule has 1 aliphatic rings. The fourth-order valence-corrected chi connectivity index (χ4v) is 3.57. The molecule has 0 aliphatic heterocycles. The Balaban J connectivity index is 1.79. The molecule has 2 unspecified atom stereocenters. The number of nitrogens with two attached hydrogens (primary N) is 1. The van der Waals surface area contributed by atoms with Crippen molar-refractivity contribution in [2.24, 2.45) is 0 Å². The number of hydrogen-bond donors (Lipinski definition) is 3. The highest BCUT2D eigenvalue weighted by atomic mass is 32.2. The van der Waals surface area contributed by atoms with Gasteiger partial charge in [0, 0.05) is 22.7 Å². The molecule has 19 heavy (non-hydrogen) atoms. The third-order valence-corrected chi connectivity index (χ3v) is 4.50. The van der Waals surface area contributed by atoms with Crippen molar-refractivity contribution >= 4 is 29.2 Å². The number of anilines is 2. The number of amides is 2. The SMILES string of the molecule is CCSC1CCC(NC(=O)Nc2cccc(N)c2)C1. The van der Waals surface area contributed by atoms with Crippen LogP contribution in [0.5, 0.6) is 0 Å². The van der Waals surface area contributed by atoms with Gasteiger partial charge in [0.15, 0.2) is 0 Å². The van der Waals surface area contributed by atoms with Crippen LogP contribution < -0.4 is 16.4 Å². The van der Waals surface area contributed by atoms with Gasteiger partial charge in [-0.3, -0.25) is 0 Å². The van der Waals surface area contributed by atoms with Gasteiger partial charge in [-0.15, -0.1) is 0 Å². The summed E-state index contributed by atoms with van der Waals surface area (Å²) in [5.41, 5.74) is 7.06. The molecule has 1 fully saturated rings. The van der Waals surface area contributed by atoms with E-state index < -0.39 is 0 Å². The number of nitrogens with one attached hydrogen (secondary N) is 2. The van der Waals surface area contributed by atoms with Gasteiger partial charge in [-0.05, 0) is 43.2 Å². The summed E-state index contributed by atoms with van der Waals surface area (Å²) in [6, 6.07) is 7.37. The van der Waals surface area contributed by atoms with Crippen LogP contribution in [0.25, 0.3) is 0 Å². The third kappa shape index (κ3) is 4.35. The van der Waals surface area contributed by atoms with E-state index in [0.717, 1.165) is 24.3 Å². The number of benzene rings is 1. The maximum atomic E-state index is 11.9. The Morgan fingerprint density at radius 2 is 2.32 bits per heavy atom. The van der Waals surface area contributed by atoms with Gasteiger partial charge >= 0.3 is 6.03 Å². The lowest BCUT2D eigenvalue weighted by Crippen LogP contribution is -2.36. The van der Waals surface area contributed by atoms with Gasteiger partial charge in [-0.1, -0.05) is 13.0 Å². The number of nitrogen functional groups attached to an aromatic ring is 1. The Kier molecular flexibility index (Phi) is 4.96. The first-order valence-electron chi connectivity index (χ1n) is 6.72. The van der Waals surface area contributed by atoms with Crippen molar-refractivity contribution in [3.8, 4) is 0 Å². The average molecular weight is 279 g/mol. The van der Waals surface area contributed by atoms with Crippen molar-refractivity contribution in [2.45, 2.75) is 37.5 Å². The van der Waals surface area contributed by atoms with E-state index in [0.29, 0.717) is 17.0 Å². The van der Waals surface area contributed by atoms with Crippen LogP contribution in [0.15, 0.2) is 24.3 Å². The Hall–Kier alpha value is -1.36. The molecule has 5 heteroatoms. The molecule has 0 radical (unpaired) electrons. The van der Waals surface area contributed by atoms with Crippen molar-refractivity contribution in [1.82, 2.24) is 5.32 Å². The number of hydrogen-bond acceptors (Lipinski definition) is 3. The number of rotatable bonds is 4. The predicted molar refractivity (Wildman–Crippen MR) is 82.6 cm³/mol. The molecule has 2 atom stereocenters. The topological polar surface area (TPSA) is 67.2 Å². The molecule has 2 amide bonds. The molecule has 1 aliphatic carbocycles. The van der Waals surface area contributed by atoms with Crippen LogP contribution in [0.3, 0.4) is 0 Å². The van der Waals surface area contributed by atoms with E-state index in [1.165, 1.54) is 6.42 Å². The molecule has 4 N–H and O–H groups in total. The molecule has 1 aromatic carbocycles. The number of thioether (sulfide) groups is 1. The first-order chi connectivity index (χ1) is 9.17. The summed E-state index contributed by atoms with van der Waals surface area (Å²) in [5.74, 6) is 1.15. The van der Waals surface area contributed by atoms with Gasteiger partial charge < -0.3 is 16.4 Å². The minimum Gasteiger partial charge on any atom is -0.399 e. The molecule has 0 aromatic heterocycles. The summed E-state index contributed by atoms with van der Waals surface area (Å²) in [7, 11) is 0. The third-order valence-electron chi connectivity index (χ3n) is 3.27. The minimum atomic E-state index is -0.141. The smallest absolute Gasteiger partial charge is 0.319 e. The summed E-state index contributed by atoms with van der Waals surface area (Å²) in [5, 5.41) is 6.55. The normalized spacial score (nSPS) is 22.2. The zero-order valence-corrected chi connectivity index (χ0v) is 12.0. The first kappa shape index (κ1) is 14.1. The monoisotopic (exact) mass is 279 g/mol. The molecule has 104 valence electrons. The van der Waals surface area contributed by atoms with Gasteiger partial charge in [-0.2, -0.15) is 11.8 Å². The second kappa shape index (κ2) is 6.70. The number of carbonyl (C=O) groups excluding carboxylic acids is 1. The van der Waals surface area contributed by atoms with E-state index in [9.17, 15) is 4.79 Å². The van der Waals surface area contributed by atoms with E-state index in [-0.39, 0.29) is 6.03 Å². The average Bonchev–Trinajstić information content (AvgIpc) is 2.77. The fourth-order valence-electron chi connectivity index (χ4n) is 2.43. The highest BCUT2D eigenvalue weighted by molar-refractivity contribution is 7.99. The molecule has 0 spiro atoms. The van der Waals surface area contributed by atoms with Crippen LogP contribution in [-0.2, 0) is 0 Å². The lowest BCUT2D eigenvalue weighted by Gasteiger charge is -2.14. The van der Waals surface area contributed by atoms with Gasteiger partial charge in [0.1, 0.15) is 0 Å². The lowest BCUT2D eigenvalue weighted by atomic mass is 10.2. The zero-order chi connectivity index (χ0) is 13.7.